The van der Waals surface area contributed by atoms with Gasteiger partial charge in [-0.1, -0.05) is 343 Å². The summed E-state index contributed by atoms with van der Waals surface area (Å²) in [5, 5.41) is 10.6. The molecule has 0 radical (unpaired) electrons. The molecule has 5 atom stereocenters. The van der Waals surface area contributed by atoms with Crippen molar-refractivity contribution < 1.29 is 80.2 Å². The Kier molecular flexibility index (Phi) is 66.5. The van der Waals surface area contributed by atoms with Crippen LogP contribution in [0.5, 0.6) is 0 Å². The van der Waals surface area contributed by atoms with Gasteiger partial charge >= 0.3 is 39.5 Å². The summed E-state index contributed by atoms with van der Waals surface area (Å²) in [5.41, 5.74) is 0. The molecule has 564 valence electrons. The maximum atomic E-state index is 13.1. The van der Waals surface area contributed by atoms with Gasteiger partial charge in [-0.15, -0.1) is 0 Å². The molecule has 3 N–H and O–H groups in total. The zero-order chi connectivity index (χ0) is 70.0. The van der Waals surface area contributed by atoms with E-state index in [9.17, 15) is 43.2 Å². The first-order valence-electron chi connectivity index (χ1n) is 39.5. The van der Waals surface area contributed by atoms with Gasteiger partial charge in [0.25, 0.3) is 0 Å². The molecule has 17 nitrogen and oxygen atoms in total. The van der Waals surface area contributed by atoms with Crippen molar-refractivity contribution in [2.45, 2.75) is 413 Å². The van der Waals surface area contributed by atoms with Crippen LogP contribution < -0.4 is 0 Å². The highest BCUT2D eigenvalue weighted by atomic mass is 31.2. The molecule has 0 aromatic heterocycles. The number of carbonyl (C=O) groups excluding carboxylic acids is 4. The maximum Gasteiger partial charge on any atom is 0.472 e. The predicted molar refractivity (Wildman–Crippen MR) is 386 cm³/mol. The minimum absolute atomic E-state index is 0.107. The van der Waals surface area contributed by atoms with Crippen LogP contribution in [0.25, 0.3) is 0 Å². The fourth-order valence-corrected chi connectivity index (χ4v) is 13.2. The van der Waals surface area contributed by atoms with E-state index in [1.54, 1.807) is 0 Å². The lowest BCUT2D eigenvalue weighted by Gasteiger charge is -2.21. The monoisotopic (exact) mass is 1400 g/mol. The van der Waals surface area contributed by atoms with Gasteiger partial charge in [-0.25, -0.2) is 9.13 Å². The average Bonchev–Trinajstić information content (AvgIpc) is 2.31. The van der Waals surface area contributed by atoms with Crippen molar-refractivity contribution in [1.29, 1.82) is 0 Å². The van der Waals surface area contributed by atoms with E-state index in [4.69, 9.17) is 37.0 Å². The molecule has 0 saturated heterocycles. The molecule has 0 amide bonds. The van der Waals surface area contributed by atoms with E-state index in [1.165, 1.54) is 205 Å². The lowest BCUT2D eigenvalue weighted by molar-refractivity contribution is -0.161. The van der Waals surface area contributed by atoms with Crippen molar-refractivity contribution in [3.05, 3.63) is 0 Å². The van der Waals surface area contributed by atoms with E-state index in [2.05, 4.69) is 41.5 Å². The van der Waals surface area contributed by atoms with E-state index in [-0.39, 0.29) is 25.7 Å². The highest BCUT2D eigenvalue weighted by molar-refractivity contribution is 7.47. The lowest BCUT2D eigenvalue weighted by Crippen LogP contribution is -2.30. The standard InChI is InChI=1S/C76H148O17P2/c1-7-9-11-13-15-17-19-21-22-23-28-31-35-39-46-52-58-73(78)86-64-71(92-75(80)61-55-49-41-37-33-29-25-24-27-30-34-38-44-50-56-68(3)4)66-90-94(82,83)88-62-70(77)63-89-95(84,85)91-67-72(65-87-74(79)59-53-47-43-42-45-51-57-69(5)6)93-76(81)60-54-48-40-36-32-26-20-18-16-14-12-10-8-2/h68-72,77H,7-67H2,1-6H3,(H,82,83)(H,84,85)/t70-,71-,72-/m1/s1. The van der Waals surface area contributed by atoms with Gasteiger partial charge in [-0.2, -0.15) is 0 Å². The largest absolute Gasteiger partial charge is 0.472 e. The van der Waals surface area contributed by atoms with Crippen molar-refractivity contribution in [1.82, 2.24) is 0 Å². The van der Waals surface area contributed by atoms with E-state index >= 15 is 0 Å². The molecule has 0 saturated carbocycles. The molecular formula is C76H148O17P2. The fourth-order valence-electron chi connectivity index (χ4n) is 11.7. The van der Waals surface area contributed by atoms with E-state index in [1.807, 2.05) is 0 Å². The van der Waals surface area contributed by atoms with Crippen LogP contribution in [0.2, 0.25) is 0 Å². The molecule has 95 heavy (non-hydrogen) atoms. The maximum absolute atomic E-state index is 13.1. The Labute approximate surface area is 581 Å². The summed E-state index contributed by atoms with van der Waals surface area (Å²) in [6.07, 6.45) is 55.6. The van der Waals surface area contributed by atoms with E-state index in [0.29, 0.717) is 31.6 Å². The molecule has 0 aliphatic heterocycles. The van der Waals surface area contributed by atoms with Crippen molar-refractivity contribution in [2.75, 3.05) is 39.6 Å². The van der Waals surface area contributed by atoms with Gasteiger partial charge in [0.15, 0.2) is 12.2 Å². The molecule has 2 unspecified atom stereocenters. The van der Waals surface area contributed by atoms with Crippen LogP contribution in [0.4, 0.5) is 0 Å². The topological polar surface area (TPSA) is 237 Å². The summed E-state index contributed by atoms with van der Waals surface area (Å²) in [6, 6.07) is 0. The number of carbonyl (C=O) groups is 4. The third-order valence-corrected chi connectivity index (χ3v) is 19.6. The second-order valence-corrected chi connectivity index (χ2v) is 31.3. The van der Waals surface area contributed by atoms with Crippen LogP contribution >= 0.6 is 15.6 Å². The van der Waals surface area contributed by atoms with Crippen molar-refractivity contribution >= 4 is 39.5 Å². The molecule has 0 spiro atoms. The Bertz CT molecular complexity index is 1840. The van der Waals surface area contributed by atoms with Crippen LogP contribution in [0, 0.1) is 11.8 Å². The first-order valence-corrected chi connectivity index (χ1v) is 42.5. The van der Waals surface area contributed by atoms with Crippen LogP contribution in [0.15, 0.2) is 0 Å². The van der Waals surface area contributed by atoms with Gasteiger partial charge in [0.05, 0.1) is 26.4 Å². The molecular weight excluding hydrogens is 1250 g/mol. The molecule has 0 aromatic carbocycles. The number of unbranched alkanes of at least 4 members (excludes halogenated alkanes) is 45. The number of hydrogen-bond acceptors (Lipinski definition) is 15. The minimum atomic E-state index is -4.96. The Morgan fingerprint density at radius 3 is 0.716 bits per heavy atom. The number of esters is 4. The van der Waals surface area contributed by atoms with Gasteiger partial charge in [-0.3, -0.25) is 37.3 Å². The van der Waals surface area contributed by atoms with E-state index < -0.39 is 97.5 Å². The summed E-state index contributed by atoms with van der Waals surface area (Å²) in [4.78, 5) is 72.8. The molecule has 0 bridgehead atoms. The summed E-state index contributed by atoms with van der Waals surface area (Å²) in [7, 11) is -9.91. The van der Waals surface area contributed by atoms with Gasteiger partial charge in [-0.05, 0) is 37.5 Å². The predicted octanol–water partition coefficient (Wildman–Crippen LogP) is 22.3. The smallest absolute Gasteiger partial charge is 0.462 e. The van der Waals surface area contributed by atoms with Crippen LogP contribution in [0.3, 0.4) is 0 Å². The number of hydrogen-bond donors (Lipinski definition) is 3. The van der Waals surface area contributed by atoms with Crippen LogP contribution in [0.1, 0.15) is 395 Å². The zero-order valence-corrected chi connectivity index (χ0v) is 63.8. The molecule has 19 heteroatoms. The van der Waals surface area contributed by atoms with Crippen molar-refractivity contribution in [3.63, 3.8) is 0 Å². The number of phosphoric acid groups is 2. The van der Waals surface area contributed by atoms with Crippen LogP contribution in [-0.2, 0) is 65.4 Å². The third kappa shape index (κ3) is 70.3. The first-order chi connectivity index (χ1) is 45.9. The number of phosphoric ester groups is 2. The van der Waals surface area contributed by atoms with Gasteiger partial charge in [0.1, 0.15) is 19.3 Å². The molecule has 0 aromatic rings. The molecule has 0 aliphatic carbocycles. The summed E-state index contributed by atoms with van der Waals surface area (Å²) >= 11 is 0. The molecule has 0 rings (SSSR count). The molecule has 0 heterocycles. The second-order valence-electron chi connectivity index (χ2n) is 28.3. The van der Waals surface area contributed by atoms with Gasteiger partial charge < -0.3 is 33.8 Å². The van der Waals surface area contributed by atoms with E-state index in [0.717, 1.165) is 102 Å². The van der Waals surface area contributed by atoms with Crippen molar-refractivity contribution in [2.24, 2.45) is 11.8 Å². The highest BCUT2D eigenvalue weighted by Crippen LogP contribution is 2.45. The fraction of sp³-hybridized carbons (Fsp3) is 0.947. The quantitative estimate of drug-likeness (QED) is 0.0222. The average molecular weight is 1400 g/mol. The third-order valence-electron chi connectivity index (χ3n) is 17.7. The normalized spacial score (nSPS) is 14.0. The first kappa shape index (κ1) is 93.1. The number of aliphatic hydroxyl groups excluding tert-OH is 1. The summed E-state index contributed by atoms with van der Waals surface area (Å²) in [5.74, 6) is -0.641. The van der Waals surface area contributed by atoms with Crippen LogP contribution in [-0.4, -0.2) is 96.7 Å². The SMILES string of the molecule is CCCCCCCCCCCCCCCCCCC(=O)OC[C@H](COP(=O)(O)OC[C@@H](O)COP(=O)(O)OC[C@@H](COC(=O)CCCCCCCCC(C)C)OC(=O)CCCCCCCCCCCCCCC)OC(=O)CCCCCCCCCCCCCCCCC(C)C. The highest BCUT2D eigenvalue weighted by Gasteiger charge is 2.30. The number of aliphatic hydroxyl groups is 1. The molecule has 0 aliphatic rings. The Morgan fingerprint density at radius 1 is 0.284 bits per heavy atom. The Hall–Kier alpha value is -1.94. The Morgan fingerprint density at radius 2 is 0.484 bits per heavy atom. The summed E-state index contributed by atoms with van der Waals surface area (Å²) in [6.45, 7) is 9.54. The minimum Gasteiger partial charge on any atom is -0.462 e. The zero-order valence-electron chi connectivity index (χ0n) is 62.0. The lowest BCUT2D eigenvalue weighted by atomic mass is 10.0. The van der Waals surface area contributed by atoms with Gasteiger partial charge in [0.2, 0.25) is 0 Å². The summed E-state index contributed by atoms with van der Waals surface area (Å²) < 4.78 is 68.5. The number of ether oxygens (including phenoxy) is 4. The number of rotatable bonds is 75. The molecule has 0 fully saturated rings. The second kappa shape index (κ2) is 67.9. The Balaban J connectivity index is 5.23. The van der Waals surface area contributed by atoms with Gasteiger partial charge in [0, 0.05) is 25.7 Å². The van der Waals surface area contributed by atoms with Crippen molar-refractivity contribution in [3.8, 4) is 0 Å².